The van der Waals surface area contributed by atoms with E-state index in [-0.39, 0.29) is 5.82 Å². The predicted molar refractivity (Wildman–Crippen MR) is 72.3 cm³/mol. The number of hydrogen-bond donors (Lipinski definition) is 2. The SMILES string of the molecule is COc1cc(F)ccc1Nc1ccc2cn[nH]c2c1. The third kappa shape index (κ3) is 2.22. The molecular formula is C14H12FN3O. The van der Waals surface area contributed by atoms with Gasteiger partial charge in [0, 0.05) is 17.1 Å². The first kappa shape index (κ1) is 11.5. The van der Waals surface area contributed by atoms with Crippen molar-refractivity contribution in [2.24, 2.45) is 0 Å². The monoisotopic (exact) mass is 257 g/mol. The number of nitrogens with one attached hydrogen (secondary N) is 2. The third-order valence-electron chi connectivity index (χ3n) is 2.88. The Morgan fingerprint density at radius 3 is 2.95 bits per heavy atom. The molecule has 2 aromatic carbocycles. The average Bonchev–Trinajstić information content (AvgIpc) is 2.88. The van der Waals surface area contributed by atoms with Crippen molar-refractivity contribution in [1.29, 1.82) is 0 Å². The number of H-pyrrole nitrogens is 1. The number of nitrogens with zero attached hydrogens (tertiary/aromatic N) is 1. The Labute approximate surface area is 109 Å². The van der Waals surface area contributed by atoms with Crippen LogP contribution in [0.15, 0.2) is 42.6 Å². The molecule has 1 heterocycles. The summed E-state index contributed by atoms with van der Waals surface area (Å²) in [7, 11) is 1.51. The first-order chi connectivity index (χ1) is 9.26. The van der Waals surface area contributed by atoms with E-state index in [1.807, 2.05) is 18.2 Å². The maximum atomic E-state index is 13.1. The van der Waals surface area contributed by atoms with Crippen molar-refractivity contribution in [2.75, 3.05) is 12.4 Å². The molecule has 0 saturated heterocycles. The summed E-state index contributed by atoms with van der Waals surface area (Å²) in [6.07, 6.45) is 1.76. The van der Waals surface area contributed by atoms with E-state index in [0.29, 0.717) is 11.4 Å². The summed E-state index contributed by atoms with van der Waals surface area (Å²) in [6.45, 7) is 0. The Hall–Kier alpha value is -2.56. The number of anilines is 2. The lowest BCUT2D eigenvalue weighted by atomic mass is 10.2. The highest BCUT2D eigenvalue weighted by Gasteiger charge is 2.05. The van der Waals surface area contributed by atoms with E-state index >= 15 is 0 Å². The molecule has 0 radical (unpaired) electrons. The molecule has 3 aromatic rings. The molecule has 0 aliphatic rings. The van der Waals surface area contributed by atoms with Crippen molar-refractivity contribution in [1.82, 2.24) is 10.2 Å². The summed E-state index contributed by atoms with van der Waals surface area (Å²) in [5, 5.41) is 11.1. The van der Waals surface area contributed by atoms with Gasteiger partial charge in [0.1, 0.15) is 11.6 Å². The maximum Gasteiger partial charge on any atom is 0.145 e. The van der Waals surface area contributed by atoms with Crippen LogP contribution in [-0.4, -0.2) is 17.3 Å². The molecule has 0 bridgehead atoms. The van der Waals surface area contributed by atoms with Gasteiger partial charge in [0.15, 0.2) is 0 Å². The van der Waals surface area contributed by atoms with E-state index in [9.17, 15) is 4.39 Å². The molecule has 3 rings (SSSR count). The first-order valence-corrected chi connectivity index (χ1v) is 5.80. The van der Waals surface area contributed by atoms with Gasteiger partial charge < -0.3 is 10.1 Å². The van der Waals surface area contributed by atoms with Crippen molar-refractivity contribution < 1.29 is 9.13 Å². The zero-order chi connectivity index (χ0) is 13.2. The molecule has 4 nitrogen and oxygen atoms in total. The highest BCUT2D eigenvalue weighted by Crippen LogP contribution is 2.29. The molecule has 2 N–H and O–H groups in total. The predicted octanol–water partition coefficient (Wildman–Crippen LogP) is 3.45. The molecule has 19 heavy (non-hydrogen) atoms. The van der Waals surface area contributed by atoms with Crippen LogP contribution in [0, 0.1) is 5.82 Å². The molecule has 5 heteroatoms. The molecule has 0 spiro atoms. The fourth-order valence-corrected chi connectivity index (χ4v) is 1.94. The molecule has 1 aromatic heterocycles. The van der Waals surface area contributed by atoms with E-state index in [1.54, 1.807) is 12.3 Å². The van der Waals surface area contributed by atoms with Crippen molar-refractivity contribution in [3.8, 4) is 5.75 Å². The number of ether oxygens (including phenoxy) is 1. The number of halogens is 1. The van der Waals surface area contributed by atoms with Gasteiger partial charge in [-0.3, -0.25) is 5.10 Å². The molecule has 0 fully saturated rings. The van der Waals surface area contributed by atoms with Gasteiger partial charge in [-0.25, -0.2) is 4.39 Å². The van der Waals surface area contributed by atoms with Crippen LogP contribution in [-0.2, 0) is 0 Å². The van der Waals surface area contributed by atoms with Crippen LogP contribution in [0.1, 0.15) is 0 Å². The number of methoxy groups -OCH3 is 1. The van der Waals surface area contributed by atoms with E-state index in [0.717, 1.165) is 16.6 Å². The highest BCUT2D eigenvalue weighted by atomic mass is 19.1. The third-order valence-corrected chi connectivity index (χ3v) is 2.88. The number of fused-ring (bicyclic) bond motifs is 1. The van der Waals surface area contributed by atoms with Crippen LogP contribution < -0.4 is 10.1 Å². The quantitative estimate of drug-likeness (QED) is 0.755. The van der Waals surface area contributed by atoms with E-state index in [1.165, 1.54) is 19.2 Å². The van der Waals surface area contributed by atoms with Gasteiger partial charge in [-0.15, -0.1) is 0 Å². The molecule has 0 aliphatic heterocycles. The Kier molecular flexibility index (Phi) is 2.79. The summed E-state index contributed by atoms with van der Waals surface area (Å²) < 4.78 is 18.3. The van der Waals surface area contributed by atoms with Crippen molar-refractivity contribution in [3.63, 3.8) is 0 Å². The van der Waals surface area contributed by atoms with Gasteiger partial charge in [0.2, 0.25) is 0 Å². The topological polar surface area (TPSA) is 49.9 Å². The fraction of sp³-hybridized carbons (Fsp3) is 0.0714. The normalized spacial score (nSPS) is 10.6. The Bertz CT molecular complexity index is 724. The summed E-state index contributed by atoms with van der Waals surface area (Å²) in [4.78, 5) is 0. The van der Waals surface area contributed by atoms with Crippen LogP contribution in [0.2, 0.25) is 0 Å². The molecule has 0 aliphatic carbocycles. The van der Waals surface area contributed by atoms with Crippen molar-refractivity contribution in [3.05, 3.63) is 48.4 Å². The largest absolute Gasteiger partial charge is 0.494 e. The van der Waals surface area contributed by atoms with E-state index in [4.69, 9.17) is 4.74 Å². The fourth-order valence-electron chi connectivity index (χ4n) is 1.94. The summed E-state index contributed by atoms with van der Waals surface area (Å²) in [6, 6.07) is 10.2. The minimum Gasteiger partial charge on any atom is -0.494 e. The first-order valence-electron chi connectivity index (χ1n) is 5.80. The molecule has 96 valence electrons. The molecule has 0 atom stereocenters. The summed E-state index contributed by atoms with van der Waals surface area (Å²) in [5.41, 5.74) is 2.52. The highest BCUT2D eigenvalue weighted by molar-refractivity contribution is 5.83. The van der Waals surface area contributed by atoms with Crippen LogP contribution in [0.4, 0.5) is 15.8 Å². The zero-order valence-corrected chi connectivity index (χ0v) is 10.3. The van der Waals surface area contributed by atoms with Gasteiger partial charge in [-0.2, -0.15) is 5.10 Å². The summed E-state index contributed by atoms with van der Waals surface area (Å²) in [5.74, 6) is 0.135. The van der Waals surface area contributed by atoms with Gasteiger partial charge in [-0.05, 0) is 30.3 Å². The minimum absolute atomic E-state index is 0.327. The number of rotatable bonds is 3. The Morgan fingerprint density at radius 1 is 1.21 bits per heavy atom. The van der Waals surface area contributed by atoms with Crippen LogP contribution in [0.5, 0.6) is 5.75 Å². The maximum absolute atomic E-state index is 13.1. The average molecular weight is 257 g/mol. The molecule has 0 unspecified atom stereocenters. The molecule has 0 amide bonds. The van der Waals surface area contributed by atoms with Crippen molar-refractivity contribution >= 4 is 22.3 Å². The van der Waals surface area contributed by atoms with Gasteiger partial charge >= 0.3 is 0 Å². The van der Waals surface area contributed by atoms with Crippen LogP contribution in [0.3, 0.4) is 0 Å². The number of benzene rings is 2. The van der Waals surface area contributed by atoms with Crippen LogP contribution in [0.25, 0.3) is 10.9 Å². The second-order valence-electron chi connectivity index (χ2n) is 4.14. The lowest BCUT2D eigenvalue weighted by Gasteiger charge is -2.11. The van der Waals surface area contributed by atoms with E-state index in [2.05, 4.69) is 15.5 Å². The lowest BCUT2D eigenvalue weighted by Crippen LogP contribution is -1.95. The minimum atomic E-state index is -0.327. The summed E-state index contributed by atoms with van der Waals surface area (Å²) >= 11 is 0. The van der Waals surface area contributed by atoms with Gasteiger partial charge in [0.25, 0.3) is 0 Å². The second kappa shape index (κ2) is 4.61. The molecule has 0 saturated carbocycles. The van der Waals surface area contributed by atoms with Gasteiger partial charge in [0.05, 0.1) is 24.5 Å². The Morgan fingerprint density at radius 2 is 2.11 bits per heavy atom. The Balaban J connectivity index is 1.95. The zero-order valence-electron chi connectivity index (χ0n) is 10.3. The smallest absolute Gasteiger partial charge is 0.145 e. The number of aromatic amines is 1. The second-order valence-corrected chi connectivity index (χ2v) is 4.14. The van der Waals surface area contributed by atoms with Crippen LogP contribution >= 0.6 is 0 Å². The van der Waals surface area contributed by atoms with Gasteiger partial charge in [-0.1, -0.05) is 0 Å². The number of hydrogen-bond acceptors (Lipinski definition) is 3. The number of aromatic nitrogens is 2. The lowest BCUT2D eigenvalue weighted by molar-refractivity contribution is 0.413. The molecular weight excluding hydrogens is 245 g/mol. The standard InChI is InChI=1S/C14H12FN3O/c1-19-14-6-10(15)3-5-12(14)17-11-4-2-9-8-16-18-13(9)7-11/h2-8,17H,1H3,(H,16,18). The van der Waals surface area contributed by atoms with E-state index < -0.39 is 0 Å². The van der Waals surface area contributed by atoms with Crippen molar-refractivity contribution in [2.45, 2.75) is 0 Å².